The molecule has 8 heteroatoms. The molecule has 0 fully saturated rings. The van der Waals surface area contributed by atoms with Gasteiger partial charge in [-0.25, -0.2) is 4.98 Å². The Balaban J connectivity index is 0.00000312. The number of nitrogens with two attached hydrogens (primary N) is 1. The van der Waals surface area contributed by atoms with Gasteiger partial charge in [-0.2, -0.15) is 0 Å². The molecule has 1 heterocycles. The molecule has 26 heavy (non-hydrogen) atoms. The molecule has 0 spiro atoms. The number of amides is 1. The second-order valence-corrected chi connectivity index (χ2v) is 7.38. The molecule has 2 N–H and O–H groups in total. The molecule has 0 radical (unpaired) electrons. The van der Waals surface area contributed by atoms with E-state index in [1.165, 1.54) is 11.3 Å². The zero-order valence-corrected chi connectivity index (χ0v) is 18.0. The molecule has 0 aliphatic heterocycles. The van der Waals surface area contributed by atoms with Crippen molar-refractivity contribution >= 4 is 42.1 Å². The van der Waals surface area contributed by atoms with E-state index in [-0.39, 0.29) is 36.1 Å². The zero-order valence-electron chi connectivity index (χ0n) is 15.5. The van der Waals surface area contributed by atoms with Crippen LogP contribution in [0.4, 0.5) is 0 Å². The van der Waals surface area contributed by atoms with Crippen molar-refractivity contribution in [1.29, 1.82) is 0 Å². The first-order valence-electron chi connectivity index (χ1n) is 8.00. The van der Waals surface area contributed by atoms with Crippen LogP contribution in [-0.4, -0.2) is 42.5 Å². The van der Waals surface area contributed by atoms with E-state index < -0.39 is 0 Å². The smallest absolute Gasteiger partial charge is 0.273 e. The highest BCUT2D eigenvalue weighted by molar-refractivity contribution is 7.13. The topological polar surface area (TPSA) is 68.5 Å². The van der Waals surface area contributed by atoms with Gasteiger partial charge in [0.2, 0.25) is 0 Å². The van der Waals surface area contributed by atoms with Crippen molar-refractivity contribution in [2.45, 2.75) is 20.8 Å². The van der Waals surface area contributed by atoms with Crippen molar-refractivity contribution in [1.82, 2.24) is 9.88 Å². The number of carbonyl (C=O) groups is 1. The number of carbonyl (C=O) groups excluding carboxylic acids is 1. The van der Waals surface area contributed by atoms with Gasteiger partial charge in [0.1, 0.15) is 16.5 Å². The van der Waals surface area contributed by atoms with Crippen molar-refractivity contribution in [3.8, 4) is 16.3 Å². The van der Waals surface area contributed by atoms with E-state index in [1.807, 2.05) is 45.0 Å². The van der Waals surface area contributed by atoms with Crippen LogP contribution in [0.25, 0.3) is 10.6 Å². The Morgan fingerprint density at radius 3 is 2.42 bits per heavy atom. The number of ether oxygens (including phenoxy) is 1. The molecule has 0 aliphatic rings. The Morgan fingerprint density at radius 2 is 1.88 bits per heavy atom. The summed E-state index contributed by atoms with van der Waals surface area (Å²) in [6.45, 7) is 7.81. The highest BCUT2D eigenvalue weighted by atomic mass is 35.5. The van der Waals surface area contributed by atoms with E-state index in [1.54, 1.807) is 17.3 Å². The van der Waals surface area contributed by atoms with Crippen LogP contribution >= 0.6 is 36.2 Å². The lowest BCUT2D eigenvalue weighted by Crippen LogP contribution is -2.39. The van der Waals surface area contributed by atoms with E-state index >= 15 is 0 Å². The summed E-state index contributed by atoms with van der Waals surface area (Å²) < 4.78 is 5.44. The lowest BCUT2D eigenvalue weighted by molar-refractivity contribution is 0.0735. The molecular weight excluding hydrogens is 393 g/mol. The number of aromatic nitrogens is 1. The van der Waals surface area contributed by atoms with Gasteiger partial charge in [-0.3, -0.25) is 4.79 Å². The van der Waals surface area contributed by atoms with Crippen LogP contribution in [-0.2, 0) is 0 Å². The summed E-state index contributed by atoms with van der Waals surface area (Å²) in [4.78, 5) is 18.7. The predicted octanol–water partition coefficient (Wildman–Crippen LogP) is 4.11. The lowest BCUT2D eigenvalue weighted by Gasteiger charge is -2.28. The molecule has 0 atom stereocenters. The summed E-state index contributed by atoms with van der Waals surface area (Å²) in [5.41, 5.74) is 7.08. The number of benzene rings is 1. The Bertz CT molecular complexity index is 690. The van der Waals surface area contributed by atoms with Gasteiger partial charge in [0.25, 0.3) is 5.91 Å². The third kappa shape index (κ3) is 6.43. The van der Waals surface area contributed by atoms with Gasteiger partial charge in [0, 0.05) is 24.5 Å². The average molecular weight is 420 g/mol. The molecule has 5 nitrogen and oxygen atoms in total. The third-order valence-corrected chi connectivity index (χ3v) is 4.59. The van der Waals surface area contributed by atoms with Crippen LogP contribution in [0, 0.1) is 5.41 Å². The fourth-order valence-electron chi connectivity index (χ4n) is 2.34. The van der Waals surface area contributed by atoms with Crippen LogP contribution in [0.2, 0.25) is 0 Å². The highest BCUT2D eigenvalue weighted by Gasteiger charge is 2.23. The van der Waals surface area contributed by atoms with Gasteiger partial charge in [-0.1, -0.05) is 13.8 Å². The van der Waals surface area contributed by atoms with Crippen molar-refractivity contribution in [3.63, 3.8) is 0 Å². The van der Waals surface area contributed by atoms with E-state index in [9.17, 15) is 4.79 Å². The van der Waals surface area contributed by atoms with E-state index in [2.05, 4.69) is 4.98 Å². The minimum absolute atomic E-state index is 0. The molecule has 146 valence electrons. The minimum Gasteiger partial charge on any atom is -0.494 e. The largest absolute Gasteiger partial charge is 0.494 e. The first-order valence-corrected chi connectivity index (χ1v) is 8.88. The summed E-state index contributed by atoms with van der Waals surface area (Å²) in [6.07, 6.45) is 0. The standard InChI is InChI=1S/C18H25N3O2S.2ClH/c1-5-23-14-8-6-13(7-9-14)16-20-15(10-24-16)17(22)21(4)12-18(2,3)11-19;;/h6-10H,5,11-12,19H2,1-4H3;2*1H. The SMILES string of the molecule is CCOc1ccc(-c2nc(C(=O)N(C)CC(C)(C)CN)cs2)cc1.Cl.Cl. The van der Waals surface area contributed by atoms with Crippen molar-refractivity contribution in [2.24, 2.45) is 11.1 Å². The first-order chi connectivity index (χ1) is 11.4. The second-order valence-electron chi connectivity index (χ2n) is 6.52. The van der Waals surface area contributed by atoms with Crippen LogP contribution < -0.4 is 10.5 Å². The molecule has 1 aromatic heterocycles. The second kappa shape index (κ2) is 10.7. The van der Waals surface area contributed by atoms with Crippen LogP contribution in [0.1, 0.15) is 31.3 Å². The number of halogens is 2. The van der Waals surface area contributed by atoms with E-state index in [4.69, 9.17) is 10.5 Å². The molecule has 1 aromatic carbocycles. The lowest BCUT2D eigenvalue weighted by atomic mass is 9.93. The quantitative estimate of drug-likeness (QED) is 0.732. The van der Waals surface area contributed by atoms with Crippen LogP contribution in [0.5, 0.6) is 5.75 Å². The maximum absolute atomic E-state index is 12.5. The Kier molecular flexibility index (Phi) is 10.2. The average Bonchev–Trinajstić information content (AvgIpc) is 3.04. The molecule has 0 saturated carbocycles. The van der Waals surface area contributed by atoms with Crippen molar-refractivity contribution in [3.05, 3.63) is 35.3 Å². The maximum Gasteiger partial charge on any atom is 0.273 e. The van der Waals surface area contributed by atoms with Crippen LogP contribution in [0.3, 0.4) is 0 Å². The first kappa shape index (κ1) is 24.7. The minimum atomic E-state index is -0.113. The Labute approximate surface area is 171 Å². The zero-order chi connectivity index (χ0) is 17.7. The molecule has 0 saturated heterocycles. The monoisotopic (exact) mass is 419 g/mol. The molecule has 0 aliphatic carbocycles. The molecule has 0 bridgehead atoms. The number of hydrogen-bond donors (Lipinski definition) is 1. The Hall–Kier alpha value is -1.34. The number of nitrogens with zero attached hydrogens (tertiary/aromatic N) is 2. The highest BCUT2D eigenvalue weighted by Crippen LogP contribution is 2.26. The Morgan fingerprint density at radius 1 is 1.27 bits per heavy atom. The fraction of sp³-hybridized carbons (Fsp3) is 0.444. The molecule has 2 aromatic rings. The van der Waals surface area contributed by atoms with Crippen molar-refractivity contribution < 1.29 is 9.53 Å². The predicted molar refractivity (Wildman–Crippen MR) is 113 cm³/mol. The van der Waals surface area contributed by atoms with Gasteiger partial charge in [-0.05, 0) is 43.1 Å². The third-order valence-electron chi connectivity index (χ3n) is 3.70. The van der Waals surface area contributed by atoms with E-state index in [0.29, 0.717) is 25.4 Å². The normalized spacial score (nSPS) is 10.5. The summed E-state index contributed by atoms with van der Waals surface area (Å²) in [7, 11) is 1.79. The summed E-state index contributed by atoms with van der Waals surface area (Å²) in [5.74, 6) is 0.753. The fourth-order valence-corrected chi connectivity index (χ4v) is 3.14. The summed E-state index contributed by atoms with van der Waals surface area (Å²) >= 11 is 1.47. The summed E-state index contributed by atoms with van der Waals surface area (Å²) in [5, 5.41) is 2.63. The summed E-state index contributed by atoms with van der Waals surface area (Å²) in [6, 6.07) is 7.74. The van der Waals surface area contributed by atoms with Gasteiger partial charge >= 0.3 is 0 Å². The maximum atomic E-state index is 12.5. The van der Waals surface area contributed by atoms with E-state index in [0.717, 1.165) is 16.3 Å². The van der Waals surface area contributed by atoms with Crippen molar-refractivity contribution in [2.75, 3.05) is 26.7 Å². The number of thiazole rings is 1. The van der Waals surface area contributed by atoms with Gasteiger partial charge in [0.15, 0.2) is 0 Å². The molecule has 1 amide bonds. The number of hydrogen-bond acceptors (Lipinski definition) is 5. The molecule has 0 unspecified atom stereocenters. The van der Waals surface area contributed by atoms with Gasteiger partial charge in [-0.15, -0.1) is 36.2 Å². The number of rotatable bonds is 7. The van der Waals surface area contributed by atoms with Crippen LogP contribution in [0.15, 0.2) is 29.6 Å². The van der Waals surface area contributed by atoms with Gasteiger partial charge in [0.05, 0.1) is 6.61 Å². The molecular formula is C18H27Cl2N3O2S. The molecule has 2 rings (SSSR count). The van der Waals surface area contributed by atoms with Gasteiger partial charge < -0.3 is 15.4 Å².